The van der Waals surface area contributed by atoms with Crippen molar-refractivity contribution in [3.63, 3.8) is 0 Å². The molecular formula is C21H20N2. The van der Waals surface area contributed by atoms with Crippen LogP contribution in [0.15, 0.2) is 48.5 Å². The Morgan fingerprint density at radius 2 is 1.65 bits per heavy atom. The molecule has 0 aliphatic heterocycles. The van der Waals surface area contributed by atoms with Crippen LogP contribution in [-0.2, 0) is 5.41 Å². The molecule has 3 aromatic rings. The van der Waals surface area contributed by atoms with Gasteiger partial charge in [-0.15, -0.1) is 0 Å². The van der Waals surface area contributed by atoms with Crippen molar-refractivity contribution in [3.8, 4) is 17.3 Å². The van der Waals surface area contributed by atoms with E-state index in [4.69, 9.17) is 4.98 Å². The van der Waals surface area contributed by atoms with Gasteiger partial charge in [0.1, 0.15) is 0 Å². The SMILES string of the molecule is Cc1cc(C)cc(-c2ccc3c(C(C)(C)C#N)cccc3n2)c1. The molecule has 2 nitrogen and oxygen atoms in total. The van der Waals surface area contributed by atoms with E-state index in [1.165, 1.54) is 11.1 Å². The van der Waals surface area contributed by atoms with E-state index >= 15 is 0 Å². The maximum Gasteiger partial charge on any atom is 0.0772 e. The summed E-state index contributed by atoms with van der Waals surface area (Å²) in [5.74, 6) is 0. The minimum atomic E-state index is -0.525. The summed E-state index contributed by atoms with van der Waals surface area (Å²) in [4.78, 5) is 4.83. The summed E-state index contributed by atoms with van der Waals surface area (Å²) in [7, 11) is 0. The molecule has 0 radical (unpaired) electrons. The standard InChI is InChI=1S/C21H20N2/c1-14-10-15(2)12-16(11-14)19-9-8-17-18(21(3,4)13-22)6-5-7-20(17)23-19/h5-12H,1-4H3. The van der Waals surface area contributed by atoms with Gasteiger partial charge in [-0.05, 0) is 57.5 Å². The Balaban J connectivity index is 2.20. The summed E-state index contributed by atoms with van der Waals surface area (Å²) in [6, 6.07) is 19.0. The van der Waals surface area contributed by atoms with Gasteiger partial charge in [0, 0.05) is 10.9 Å². The number of nitriles is 1. The summed E-state index contributed by atoms with van der Waals surface area (Å²) < 4.78 is 0. The molecule has 0 unspecified atom stereocenters. The first-order valence-corrected chi connectivity index (χ1v) is 7.81. The Kier molecular flexibility index (Phi) is 3.66. The fourth-order valence-electron chi connectivity index (χ4n) is 3.04. The number of nitrogens with zero attached hydrogens (tertiary/aromatic N) is 2. The van der Waals surface area contributed by atoms with E-state index in [9.17, 15) is 5.26 Å². The van der Waals surface area contributed by atoms with E-state index < -0.39 is 5.41 Å². The zero-order chi connectivity index (χ0) is 16.6. The minimum absolute atomic E-state index is 0.525. The van der Waals surface area contributed by atoms with Gasteiger partial charge in [0.2, 0.25) is 0 Å². The maximum atomic E-state index is 9.43. The van der Waals surface area contributed by atoms with Crippen LogP contribution in [0.1, 0.15) is 30.5 Å². The zero-order valence-electron chi connectivity index (χ0n) is 14.0. The first-order chi connectivity index (χ1) is 10.9. The van der Waals surface area contributed by atoms with Crippen LogP contribution in [0, 0.1) is 25.2 Å². The Labute approximate surface area is 137 Å². The third-order valence-corrected chi connectivity index (χ3v) is 4.20. The van der Waals surface area contributed by atoms with E-state index in [2.05, 4.69) is 44.2 Å². The Bertz CT molecular complexity index is 910. The first-order valence-electron chi connectivity index (χ1n) is 7.81. The third kappa shape index (κ3) is 2.83. The highest BCUT2D eigenvalue weighted by molar-refractivity contribution is 5.86. The molecule has 114 valence electrons. The van der Waals surface area contributed by atoms with Crippen LogP contribution in [0.2, 0.25) is 0 Å². The van der Waals surface area contributed by atoms with Crippen molar-refractivity contribution in [3.05, 3.63) is 65.2 Å². The molecule has 0 bridgehead atoms. The molecule has 0 N–H and O–H groups in total. The van der Waals surface area contributed by atoms with Crippen LogP contribution >= 0.6 is 0 Å². The summed E-state index contributed by atoms with van der Waals surface area (Å²) in [5.41, 5.74) is 6.01. The molecule has 0 amide bonds. The van der Waals surface area contributed by atoms with Gasteiger partial charge >= 0.3 is 0 Å². The Morgan fingerprint density at radius 3 is 2.30 bits per heavy atom. The Hall–Kier alpha value is -2.66. The number of aryl methyl sites for hydroxylation is 2. The molecule has 0 saturated heterocycles. The number of fused-ring (bicyclic) bond motifs is 1. The summed E-state index contributed by atoms with van der Waals surface area (Å²) >= 11 is 0. The van der Waals surface area contributed by atoms with Gasteiger partial charge in [-0.2, -0.15) is 5.26 Å². The van der Waals surface area contributed by atoms with Gasteiger partial charge in [0.25, 0.3) is 0 Å². The molecule has 1 heterocycles. The van der Waals surface area contributed by atoms with E-state index in [1.807, 2.05) is 38.1 Å². The molecule has 3 rings (SSSR count). The molecule has 23 heavy (non-hydrogen) atoms. The van der Waals surface area contributed by atoms with Gasteiger partial charge in [-0.25, -0.2) is 4.98 Å². The summed E-state index contributed by atoms with van der Waals surface area (Å²) in [6.45, 7) is 8.09. The van der Waals surface area contributed by atoms with Crippen LogP contribution < -0.4 is 0 Å². The topological polar surface area (TPSA) is 36.7 Å². The largest absolute Gasteiger partial charge is 0.248 e. The highest BCUT2D eigenvalue weighted by Crippen LogP contribution is 2.31. The molecule has 2 heteroatoms. The van der Waals surface area contributed by atoms with Gasteiger partial charge in [0.05, 0.1) is 22.7 Å². The highest BCUT2D eigenvalue weighted by atomic mass is 14.7. The lowest BCUT2D eigenvalue weighted by Crippen LogP contribution is -2.14. The highest BCUT2D eigenvalue weighted by Gasteiger charge is 2.22. The van der Waals surface area contributed by atoms with E-state index in [1.54, 1.807) is 0 Å². The molecule has 2 aromatic carbocycles. The smallest absolute Gasteiger partial charge is 0.0772 e. The van der Waals surface area contributed by atoms with Gasteiger partial charge < -0.3 is 0 Å². The van der Waals surface area contributed by atoms with Gasteiger partial charge in [-0.1, -0.05) is 35.4 Å². The second-order valence-electron chi connectivity index (χ2n) is 6.68. The predicted molar refractivity (Wildman–Crippen MR) is 95.3 cm³/mol. The van der Waals surface area contributed by atoms with Crippen LogP contribution in [0.5, 0.6) is 0 Å². The minimum Gasteiger partial charge on any atom is -0.248 e. The molecule has 0 atom stereocenters. The third-order valence-electron chi connectivity index (χ3n) is 4.20. The molecule has 0 fully saturated rings. The van der Waals surface area contributed by atoms with Crippen LogP contribution in [-0.4, -0.2) is 4.98 Å². The van der Waals surface area contributed by atoms with Crippen LogP contribution in [0.25, 0.3) is 22.2 Å². The van der Waals surface area contributed by atoms with E-state index in [0.717, 1.165) is 27.7 Å². The van der Waals surface area contributed by atoms with Crippen molar-refractivity contribution >= 4 is 10.9 Å². The second kappa shape index (κ2) is 5.52. The fraction of sp³-hybridized carbons (Fsp3) is 0.238. The van der Waals surface area contributed by atoms with E-state index in [-0.39, 0.29) is 0 Å². The molecule has 0 aliphatic carbocycles. The van der Waals surface area contributed by atoms with E-state index in [0.29, 0.717) is 0 Å². The van der Waals surface area contributed by atoms with Crippen molar-refractivity contribution in [2.75, 3.05) is 0 Å². The average molecular weight is 300 g/mol. The van der Waals surface area contributed by atoms with Crippen LogP contribution in [0.4, 0.5) is 0 Å². The van der Waals surface area contributed by atoms with Crippen molar-refractivity contribution in [2.45, 2.75) is 33.1 Å². The number of hydrogen-bond acceptors (Lipinski definition) is 2. The van der Waals surface area contributed by atoms with Crippen LogP contribution in [0.3, 0.4) is 0 Å². The first kappa shape index (κ1) is 15.2. The lowest BCUT2D eigenvalue weighted by atomic mass is 9.84. The number of pyridine rings is 1. The predicted octanol–water partition coefficient (Wildman–Crippen LogP) is 5.32. The maximum absolute atomic E-state index is 9.43. The molecule has 0 saturated carbocycles. The summed E-state index contributed by atoms with van der Waals surface area (Å²) in [6.07, 6.45) is 0. The number of hydrogen-bond donors (Lipinski definition) is 0. The lowest BCUT2D eigenvalue weighted by molar-refractivity contribution is 0.693. The monoisotopic (exact) mass is 300 g/mol. The quantitative estimate of drug-likeness (QED) is 0.642. The lowest BCUT2D eigenvalue weighted by Gasteiger charge is -2.18. The van der Waals surface area contributed by atoms with Gasteiger partial charge in [0.15, 0.2) is 0 Å². The number of benzene rings is 2. The molecule has 1 aromatic heterocycles. The van der Waals surface area contributed by atoms with Crippen molar-refractivity contribution < 1.29 is 0 Å². The molecular weight excluding hydrogens is 280 g/mol. The van der Waals surface area contributed by atoms with Gasteiger partial charge in [-0.3, -0.25) is 0 Å². The summed E-state index contributed by atoms with van der Waals surface area (Å²) in [5, 5.41) is 10.5. The van der Waals surface area contributed by atoms with Crippen molar-refractivity contribution in [1.82, 2.24) is 4.98 Å². The number of aromatic nitrogens is 1. The normalized spacial score (nSPS) is 11.4. The second-order valence-corrected chi connectivity index (χ2v) is 6.68. The number of rotatable bonds is 2. The van der Waals surface area contributed by atoms with Crippen molar-refractivity contribution in [2.24, 2.45) is 0 Å². The van der Waals surface area contributed by atoms with Crippen molar-refractivity contribution in [1.29, 1.82) is 5.26 Å². The fourth-order valence-corrected chi connectivity index (χ4v) is 3.04. The average Bonchev–Trinajstić information content (AvgIpc) is 2.52. The Morgan fingerprint density at radius 1 is 0.957 bits per heavy atom. The molecule has 0 aliphatic rings. The molecule has 0 spiro atoms. The zero-order valence-corrected chi connectivity index (χ0v) is 14.0.